The van der Waals surface area contributed by atoms with E-state index in [0.29, 0.717) is 23.0 Å². The maximum atomic E-state index is 14.6. The lowest BCUT2D eigenvalue weighted by molar-refractivity contribution is -0.115. The molecular formula is C21H21F2N3O. The van der Waals surface area contributed by atoms with Crippen LogP contribution in [-0.2, 0) is 4.79 Å². The molecule has 1 atom stereocenters. The van der Waals surface area contributed by atoms with E-state index in [1.165, 1.54) is 18.3 Å². The van der Waals surface area contributed by atoms with Gasteiger partial charge in [-0.15, -0.1) is 0 Å². The molecule has 1 fully saturated rings. The first-order valence-electron chi connectivity index (χ1n) is 9.21. The van der Waals surface area contributed by atoms with E-state index in [0.717, 1.165) is 25.9 Å². The molecule has 1 unspecified atom stereocenters. The van der Waals surface area contributed by atoms with Crippen LogP contribution in [0.2, 0.25) is 0 Å². The number of fused-ring (bicyclic) bond motifs is 1. The van der Waals surface area contributed by atoms with E-state index < -0.39 is 11.7 Å². The number of piperidine rings is 1. The summed E-state index contributed by atoms with van der Waals surface area (Å²) in [6, 6.07) is 9.32. The third-order valence-electron chi connectivity index (χ3n) is 5.33. The number of halogens is 2. The third-order valence-corrected chi connectivity index (χ3v) is 5.33. The highest BCUT2D eigenvalue weighted by molar-refractivity contribution is 6.12. The molecular weight excluding hydrogens is 348 g/mol. The highest BCUT2D eigenvalue weighted by atomic mass is 19.1. The normalized spacial score (nSPS) is 20.2. The van der Waals surface area contributed by atoms with Gasteiger partial charge in [0.05, 0.1) is 11.4 Å². The van der Waals surface area contributed by atoms with Gasteiger partial charge in [-0.2, -0.15) is 0 Å². The second-order valence-electron chi connectivity index (χ2n) is 7.25. The molecule has 4 rings (SSSR count). The van der Waals surface area contributed by atoms with E-state index >= 15 is 0 Å². The van der Waals surface area contributed by atoms with Crippen LogP contribution in [-0.4, -0.2) is 25.2 Å². The molecule has 0 aliphatic carbocycles. The minimum absolute atomic E-state index is 0.283. The van der Waals surface area contributed by atoms with Gasteiger partial charge in [0.15, 0.2) is 0 Å². The molecule has 2 aromatic rings. The topological polar surface area (TPSA) is 44.7 Å². The van der Waals surface area contributed by atoms with Crippen LogP contribution in [0, 0.1) is 17.6 Å². The van der Waals surface area contributed by atoms with Crippen molar-refractivity contribution in [3.8, 4) is 0 Å². The monoisotopic (exact) mass is 369 g/mol. The lowest BCUT2D eigenvalue weighted by Crippen LogP contribution is -2.33. The van der Waals surface area contributed by atoms with Gasteiger partial charge in [-0.25, -0.2) is 8.78 Å². The summed E-state index contributed by atoms with van der Waals surface area (Å²) in [6.07, 6.45) is 3.49. The highest BCUT2D eigenvalue weighted by Gasteiger charge is 2.31. The van der Waals surface area contributed by atoms with Gasteiger partial charge in [-0.3, -0.25) is 9.79 Å². The predicted molar refractivity (Wildman–Crippen MR) is 103 cm³/mol. The number of hydrogen-bond acceptors (Lipinski definition) is 3. The van der Waals surface area contributed by atoms with Crippen LogP contribution in [0.3, 0.4) is 0 Å². The van der Waals surface area contributed by atoms with Crippen molar-refractivity contribution in [1.29, 1.82) is 0 Å². The fraction of sp³-hybridized carbons (Fsp3) is 0.333. The second-order valence-corrected chi connectivity index (χ2v) is 7.25. The van der Waals surface area contributed by atoms with Crippen molar-refractivity contribution in [2.24, 2.45) is 10.9 Å². The van der Waals surface area contributed by atoms with E-state index in [-0.39, 0.29) is 17.3 Å². The number of carbonyl (C=O) groups excluding carboxylic acids is 1. The van der Waals surface area contributed by atoms with E-state index in [4.69, 9.17) is 0 Å². The summed E-state index contributed by atoms with van der Waals surface area (Å²) >= 11 is 0. The zero-order valence-electron chi connectivity index (χ0n) is 15.1. The van der Waals surface area contributed by atoms with Crippen LogP contribution in [0.15, 0.2) is 41.4 Å². The molecule has 4 nitrogen and oxygen atoms in total. The van der Waals surface area contributed by atoms with E-state index in [9.17, 15) is 13.6 Å². The van der Waals surface area contributed by atoms with E-state index in [1.54, 1.807) is 24.3 Å². The summed E-state index contributed by atoms with van der Waals surface area (Å²) in [5.74, 6) is -1.26. The average Bonchev–Trinajstić information content (AvgIpc) is 2.97. The van der Waals surface area contributed by atoms with Crippen LogP contribution in [0.1, 0.15) is 31.2 Å². The predicted octanol–water partition coefficient (Wildman–Crippen LogP) is 4.64. The van der Waals surface area contributed by atoms with Crippen molar-refractivity contribution in [3.63, 3.8) is 0 Å². The van der Waals surface area contributed by atoms with Gasteiger partial charge < -0.3 is 10.2 Å². The lowest BCUT2D eigenvalue weighted by atomic mass is 9.99. The molecule has 2 aromatic carbocycles. The number of amides is 1. The van der Waals surface area contributed by atoms with Gasteiger partial charge in [0, 0.05) is 36.6 Å². The summed E-state index contributed by atoms with van der Waals surface area (Å²) in [5.41, 5.74) is 1.72. The van der Waals surface area contributed by atoms with Gasteiger partial charge in [0.1, 0.15) is 17.6 Å². The first-order valence-corrected chi connectivity index (χ1v) is 9.21. The summed E-state index contributed by atoms with van der Waals surface area (Å²) < 4.78 is 28.6. The molecule has 0 saturated carbocycles. The minimum atomic E-state index is -0.812. The molecule has 27 heavy (non-hydrogen) atoms. The van der Waals surface area contributed by atoms with Crippen LogP contribution in [0.25, 0.3) is 0 Å². The van der Waals surface area contributed by atoms with Crippen molar-refractivity contribution in [2.45, 2.75) is 25.7 Å². The number of aliphatic imine (C=N–C) groups is 1. The molecule has 6 heteroatoms. The Kier molecular flexibility index (Phi) is 4.64. The zero-order chi connectivity index (χ0) is 19.0. The van der Waals surface area contributed by atoms with Crippen LogP contribution in [0.4, 0.5) is 25.8 Å². The Morgan fingerprint density at radius 1 is 1.15 bits per heavy atom. The smallest absolute Gasteiger partial charge is 0.237 e. The third kappa shape index (κ3) is 3.44. The quantitative estimate of drug-likeness (QED) is 0.801. The Hall–Kier alpha value is -2.76. The SMILES string of the molecule is CC1CCN(c2ccc(N=CC3C(=O)Nc4cccc(F)c43)cc2F)CC1. The Morgan fingerprint density at radius 3 is 2.67 bits per heavy atom. The van der Waals surface area contributed by atoms with Crippen molar-refractivity contribution in [3.05, 3.63) is 53.6 Å². The summed E-state index contributed by atoms with van der Waals surface area (Å²) in [6.45, 7) is 3.91. The maximum absolute atomic E-state index is 14.6. The fourth-order valence-electron chi connectivity index (χ4n) is 3.69. The Bertz CT molecular complexity index is 904. The number of hydrogen-bond donors (Lipinski definition) is 1. The zero-order valence-corrected chi connectivity index (χ0v) is 15.1. The molecule has 140 valence electrons. The Morgan fingerprint density at radius 2 is 1.93 bits per heavy atom. The molecule has 2 aliphatic rings. The van der Waals surface area contributed by atoms with Crippen molar-refractivity contribution in [1.82, 2.24) is 0 Å². The first kappa shape index (κ1) is 17.6. The molecule has 0 bridgehead atoms. The van der Waals surface area contributed by atoms with Gasteiger partial charge in [-0.1, -0.05) is 13.0 Å². The number of carbonyl (C=O) groups is 1. The van der Waals surface area contributed by atoms with Crippen LogP contribution >= 0.6 is 0 Å². The van der Waals surface area contributed by atoms with Gasteiger partial charge in [0.2, 0.25) is 5.91 Å². The number of rotatable bonds is 3. The van der Waals surface area contributed by atoms with E-state index in [2.05, 4.69) is 22.1 Å². The largest absolute Gasteiger partial charge is 0.369 e. The van der Waals surface area contributed by atoms with Crippen LogP contribution < -0.4 is 10.2 Å². The minimum Gasteiger partial charge on any atom is -0.369 e. The first-order chi connectivity index (χ1) is 13.0. The molecule has 2 aliphatic heterocycles. The van der Waals surface area contributed by atoms with Crippen LogP contribution in [0.5, 0.6) is 0 Å². The highest BCUT2D eigenvalue weighted by Crippen LogP contribution is 2.34. The molecule has 1 saturated heterocycles. The Labute approximate surface area is 156 Å². The summed E-state index contributed by atoms with van der Waals surface area (Å²) in [4.78, 5) is 18.4. The molecule has 1 N–H and O–H groups in total. The van der Waals surface area contributed by atoms with Crippen molar-refractivity contribution >= 4 is 29.2 Å². The maximum Gasteiger partial charge on any atom is 0.237 e. The van der Waals surface area contributed by atoms with Gasteiger partial charge in [-0.05, 0) is 43.0 Å². The number of nitrogens with zero attached hydrogens (tertiary/aromatic N) is 2. The van der Waals surface area contributed by atoms with Crippen molar-refractivity contribution < 1.29 is 13.6 Å². The number of benzene rings is 2. The number of nitrogens with one attached hydrogen (secondary N) is 1. The Balaban J connectivity index is 1.54. The van der Waals surface area contributed by atoms with Gasteiger partial charge in [0.25, 0.3) is 0 Å². The lowest BCUT2D eigenvalue weighted by Gasteiger charge is -2.32. The molecule has 0 aromatic heterocycles. The molecule has 2 heterocycles. The second kappa shape index (κ2) is 7.10. The average molecular weight is 369 g/mol. The fourth-order valence-corrected chi connectivity index (χ4v) is 3.69. The molecule has 0 spiro atoms. The summed E-state index contributed by atoms with van der Waals surface area (Å²) in [5, 5.41) is 2.64. The van der Waals surface area contributed by atoms with Crippen molar-refractivity contribution in [2.75, 3.05) is 23.3 Å². The molecule has 0 radical (unpaired) electrons. The number of anilines is 2. The van der Waals surface area contributed by atoms with Gasteiger partial charge >= 0.3 is 0 Å². The standard InChI is InChI=1S/C21H21F2N3O/c1-13-7-9-26(10-8-13)19-6-5-14(11-17(19)23)24-12-15-20-16(22)3-2-4-18(20)25-21(15)27/h2-6,11-13,15H,7-10H2,1H3,(H,25,27). The molecule has 1 amide bonds. The van der Waals surface area contributed by atoms with E-state index in [1.807, 2.05) is 0 Å². The summed E-state index contributed by atoms with van der Waals surface area (Å²) in [7, 11) is 0.